The van der Waals surface area contributed by atoms with Gasteiger partial charge < -0.3 is 19.7 Å². The monoisotopic (exact) mass is 340 g/mol. The van der Waals surface area contributed by atoms with Gasteiger partial charge in [-0.1, -0.05) is 6.07 Å². The highest BCUT2D eigenvalue weighted by molar-refractivity contribution is 5.85. The molecule has 1 saturated heterocycles. The molecule has 0 spiro atoms. The SMILES string of the molecule is CCN(Cc1ccc2c(c1)OCO2)C(=O)CCC1CCCN1.Cl. The molecule has 0 bridgehead atoms. The summed E-state index contributed by atoms with van der Waals surface area (Å²) in [4.78, 5) is 14.3. The summed E-state index contributed by atoms with van der Waals surface area (Å²) >= 11 is 0. The van der Waals surface area contributed by atoms with Gasteiger partial charge in [0.25, 0.3) is 0 Å². The fourth-order valence-corrected chi connectivity index (χ4v) is 3.09. The number of carbonyl (C=O) groups excluding carboxylic acids is 1. The molecular formula is C17H25ClN2O3. The first-order chi connectivity index (χ1) is 10.8. The summed E-state index contributed by atoms with van der Waals surface area (Å²) in [7, 11) is 0. The van der Waals surface area contributed by atoms with Crippen molar-refractivity contribution in [3.8, 4) is 11.5 Å². The number of hydrogen-bond acceptors (Lipinski definition) is 4. The second-order valence-corrected chi connectivity index (χ2v) is 5.93. The molecule has 3 rings (SSSR count). The van der Waals surface area contributed by atoms with Crippen LogP contribution < -0.4 is 14.8 Å². The minimum Gasteiger partial charge on any atom is -0.454 e. The number of carbonyl (C=O) groups is 1. The Morgan fingerprint density at radius 3 is 2.91 bits per heavy atom. The Morgan fingerprint density at radius 2 is 2.17 bits per heavy atom. The van der Waals surface area contributed by atoms with Crippen molar-refractivity contribution >= 4 is 18.3 Å². The summed E-state index contributed by atoms with van der Waals surface area (Å²) in [6.07, 6.45) is 3.99. The van der Waals surface area contributed by atoms with Crippen LogP contribution in [0.3, 0.4) is 0 Å². The third kappa shape index (κ3) is 4.52. The lowest BCUT2D eigenvalue weighted by atomic mass is 10.1. The summed E-state index contributed by atoms with van der Waals surface area (Å²) in [6, 6.07) is 6.41. The van der Waals surface area contributed by atoms with Gasteiger partial charge in [0.15, 0.2) is 11.5 Å². The molecule has 128 valence electrons. The van der Waals surface area contributed by atoms with Crippen molar-refractivity contribution in [2.75, 3.05) is 19.9 Å². The number of halogens is 1. The van der Waals surface area contributed by atoms with Crippen molar-refractivity contribution in [1.82, 2.24) is 10.2 Å². The molecule has 0 saturated carbocycles. The molecule has 1 atom stereocenters. The van der Waals surface area contributed by atoms with Crippen LogP contribution >= 0.6 is 12.4 Å². The Hall–Kier alpha value is -1.46. The number of fused-ring (bicyclic) bond motifs is 1. The zero-order chi connectivity index (χ0) is 15.4. The smallest absolute Gasteiger partial charge is 0.231 e. The fourth-order valence-electron chi connectivity index (χ4n) is 3.09. The minimum absolute atomic E-state index is 0. The molecule has 0 aromatic heterocycles. The minimum atomic E-state index is 0. The van der Waals surface area contributed by atoms with E-state index in [4.69, 9.17) is 9.47 Å². The number of rotatable bonds is 6. The lowest BCUT2D eigenvalue weighted by Crippen LogP contribution is -2.32. The largest absolute Gasteiger partial charge is 0.454 e. The second-order valence-electron chi connectivity index (χ2n) is 5.93. The van der Waals surface area contributed by atoms with Crippen molar-refractivity contribution in [2.45, 2.75) is 45.2 Å². The Labute approximate surface area is 143 Å². The van der Waals surface area contributed by atoms with Gasteiger partial charge in [-0.2, -0.15) is 0 Å². The average molecular weight is 341 g/mol. The molecule has 2 aliphatic rings. The van der Waals surface area contributed by atoms with Crippen molar-refractivity contribution in [3.63, 3.8) is 0 Å². The topological polar surface area (TPSA) is 50.8 Å². The van der Waals surface area contributed by atoms with Crippen molar-refractivity contribution in [1.29, 1.82) is 0 Å². The van der Waals surface area contributed by atoms with E-state index in [-0.39, 0.29) is 25.1 Å². The molecule has 23 heavy (non-hydrogen) atoms. The number of nitrogens with one attached hydrogen (secondary N) is 1. The van der Waals surface area contributed by atoms with Gasteiger partial charge in [0, 0.05) is 25.6 Å². The van der Waals surface area contributed by atoms with Gasteiger partial charge in [-0.3, -0.25) is 4.79 Å². The molecule has 0 radical (unpaired) electrons. The Balaban J connectivity index is 0.00000192. The maximum atomic E-state index is 12.4. The molecule has 5 nitrogen and oxygen atoms in total. The quantitative estimate of drug-likeness (QED) is 0.865. The van der Waals surface area contributed by atoms with Crippen LogP contribution in [0.1, 0.15) is 38.2 Å². The molecule has 2 aliphatic heterocycles. The van der Waals surface area contributed by atoms with Gasteiger partial charge in [0.05, 0.1) is 0 Å². The summed E-state index contributed by atoms with van der Waals surface area (Å²) in [5.41, 5.74) is 1.08. The average Bonchev–Trinajstić information content (AvgIpc) is 3.20. The van der Waals surface area contributed by atoms with E-state index in [9.17, 15) is 4.79 Å². The highest BCUT2D eigenvalue weighted by Gasteiger charge is 2.19. The highest BCUT2D eigenvalue weighted by Crippen LogP contribution is 2.32. The van der Waals surface area contributed by atoms with E-state index in [0.717, 1.165) is 36.6 Å². The number of hydrogen-bond donors (Lipinski definition) is 1. The molecule has 1 N–H and O–H groups in total. The van der Waals surface area contributed by atoms with Crippen LogP contribution in [0.4, 0.5) is 0 Å². The lowest BCUT2D eigenvalue weighted by molar-refractivity contribution is -0.131. The summed E-state index contributed by atoms with van der Waals surface area (Å²) in [5.74, 6) is 1.79. The van der Waals surface area contributed by atoms with E-state index in [1.165, 1.54) is 12.8 Å². The van der Waals surface area contributed by atoms with Crippen LogP contribution in [0, 0.1) is 0 Å². The Bertz CT molecular complexity index is 533. The van der Waals surface area contributed by atoms with E-state index < -0.39 is 0 Å². The highest BCUT2D eigenvalue weighted by atomic mass is 35.5. The third-order valence-corrected chi connectivity index (χ3v) is 4.41. The standard InChI is InChI=1S/C17H24N2O3.ClH/c1-2-19(17(20)8-6-14-4-3-9-18-14)11-13-5-7-15-16(10-13)22-12-21-15;/h5,7,10,14,18H,2-4,6,8-9,11-12H2,1H3;1H. The second kappa shape index (κ2) is 8.41. The molecule has 1 aromatic carbocycles. The van der Waals surface area contributed by atoms with Crippen LogP contribution in [0.5, 0.6) is 11.5 Å². The zero-order valence-corrected chi connectivity index (χ0v) is 14.4. The predicted molar refractivity (Wildman–Crippen MR) is 91.2 cm³/mol. The Morgan fingerprint density at radius 1 is 1.35 bits per heavy atom. The van der Waals surface area contributed by atoms with E-state index in [2.05, 4.69) is 5.32 Å². The van der Waals surface area contributed by atoms with Gasteiger partial charge in [-0.05, 0) is 50.4 Å². The summed E-state index contributed by atoms with van der Waals surface area (Å²) in [5, 5.41) is 3.45. The molecular weight excluding hydrogens is 316 g/mol. The van der Waals surface area contributed by atoms with Crippen LogP contribution in [-0.4, -0.2) is 36.7 Å². The van der Waals surface area contributed by atoms with Crippen molar-refractivity contribution in [2.24, 2.45) is 0 Å². The molecule has 1 unspecified atom stereocenters. The maximum Gasteiger partial charge on any atom is 0.231 e. The summed E-state index contributed by atoms with van der Waals surface area (Å²) < 4.78 is 10.7. The van der Waals surface area contributed by atoms with Gasteiger partial charge in [-0.25, -0.2) is 0 Å². The van der Waals surface area contributed by atoms with Crippen molar-refractivity contribution < 1.29 is 14.3 Å². The van der Waals surface area contributed by atoms with E-state index in [1.54, 1.807) is 0 Å². The van der Waals surface area contributed by atoms with Crippen LogP contribution in [0.15, 0.2) is 18.2 Å². The molecule has 2 heterocycles. The lowest BCUT2D eigenvalue weighted by Gasteiger charge is -2.22. The number of amides is 1. The molecule has 1 fully saturated rings. The van der Waals surface area contributed by atoms with Crippen LogP contribution in [-0.2, 0) is 11.3 Å². The first-order valence-corrected chi connectivity index (χ1v) is 8.16. The van der Waals surface area contributed by atoms with Gasteiger partial charge in [0.1, 0.15) is 0 Å². The molecule has 6 heteroatoms. The maximum absolute atomic E-state index is 12.4. The Kier molecular flexibility index (Phi) is 6.54. The zero-order valence-electron chi connectivity index (χ0n) is 13.5. The van der Waals surface area contributed by atoms with Crippen LogP contribution in [0.25, 0.3) is 0 Å². The van der Waals surface area contributed by atoms with E-state index in [0.29, 0.717) is 19.0 Å². The van der Waals surface area contributed by atoms with Crippen molar-refractivity contribution in [3.05, 3.63) is 23.8 Å². The number of nitrogens with zero attached hydrogens (tertiary/aromatic N) is 1. The molecule has 1 aromatic rings. The molecule has 1 amide bonds. The first-order valence-electron chi connectivity index (χ1n) is 8.16. The van der Waals surface area contributed by atoms with Gasteiger partial charge in [-0.15, -0.1) is 12.4 Å². The fraction of sp³-hybridized carbons (Fsp3) is 0.588. The van der Waals surface area contributed by atoms with E-state index >= 15 is 0 Å². The first kappa shape index (κ1) is 17.9. The van der Waals surface area contributed by atoms with Gasteiger partial charge >= 0.3 is 0 Å². The number of benzene rings is 1. The third-order valence-electron chi connectivity index (χ3n) is 4.41. The normalized spacial score (nSPS) is 18.6. The van der Waals surface area contributed by atoms with Gasteiger partial charge in [0.2, 0.25) is 12.7 Å². The predicted octanol–water partition coefficient (Wildman–Crippen LogP) is 2.72. The molecule has 0 aliphatic carbocycles. The number of ether oxygens (including phenoxy) is 2. The summed E-state index contributed by atoms with van der Waals surface area (Å²) in [6.45, 7) is 4.76. The van der Waals surface area contributed by atoms with Crippen LogP contribution in [0.2, 0.25) is 0 Å². The van der Waals surface area contributed by atoms with E-state index in [1.807, 2.05) is 30.0 Å².